The van der Waals surface area contributed by atoms with Gasteiger partial charge in [-0.15, -0.1) is 5.10 Å². The topological polar surface area (TPSA) is 55.2 Å². The number of nitrogens with zero attached hydrogens (tertiary/aromatic N) is 4. The van der Waals surface area contributed by atoms with E-state index in [1.807, 2.05) is 17.9 Å². The van der Waals surface area contributed by atoms with Crippen LogP contribution in [-0.4, -0.2) is 58.8 Å². The smallest absolute Gasteiger partial charge is 0.0964 e. The summed E-state index contributed by atoms with van der Waals surface area (Å²) in [6.07, 6.45) is 5.43. The molecule has 0 saturated carbocycles. The van der Waals surface area contributed by atoms with Gasteiger partial charge in [-0.25, -0.2) is 0 Å². The lowest BCUT2D eigenvalue weighted by Crippen LogP contribution is -2.43. The third kappa shape index (κ3) is 2.71. The Balaban J connectivity index is 1.48. The van der Waals surface area contributed by atoms with Crippen molar-refractivity contribution in [1.82, 2.24) is 25.2 Å². The van der Waals surface area contributed by atoms with Crippen molar-refractivity contribution >= 4 is 0 Å². The van der Waals surface area contributed by atoms with Gasteiger partial charge in [-0.1, -0.05) is 5.21 Å². The molecule has 1 aromatic rings. The van der Waals surface area contributed by atoms with Gasteiger partial charge < -0.3 is 10.1 Å². The summed E-state index contributed by atoms with van der Waals surface area (Å²) < 4.78 is 7.77. The minimum absolute atomic E-state index is 0.472. The van der Waals surface area contributed by atoms with Gasteiger partial charge in [0.25, 0.3) is 0 Å². The van der Waals surface area contributed by atoms with Gasteiger partial charge in [0.2, 0.25) is 0 Å². The predicted molar refractivity (Wildman–Crippen MR) is 67.1 cm³/mol. The van der Waals surface area contributed by atoms with E-state index in [1.165, 1.54) is 12.8 Å². The molecule has 3 heterocycles. The van der Waals surface area contributed by atoms with Gasteiger partial charge in [-0.05, 0) is 19.9 Å². The highest BCUT2D eigenvalue weighted by Gasteiger charge is 2.33. The molecule has 2 saturated heterocycles. The number of morpholine rings is 1. The van der Waals surface area contributed by atoms with Crippen LogP contribution in [0.3, 0.4) is 0 Å². The predicted octanol–water partition coefficient (Wildman–Crippen LogP) is -0.139. The SMILES string of the molecule is CNCc1cn(CCN2CC3CCC(C2)O3)nn1. The van der Waals surface area contributed by atoms with Crippen LogP contribution in [0.5, 0.6) is 0 Å². The van der Waals surface area contributed by atoms with Crippen molar-refractivity contribution in [2.24, 2.45) is 0 Å². The molecule has 18 heavy (non-hydrogen) atoms. The quantitative estimate of drug-likeness (QED) is 0.789. The molecule has 6 nitrogen and oxygen atoms in total. The number of hydrogen-bond acceptors (Lipinski definition) is 5. The molecule has 2 aliphatic heterocycles. The van der Waals surface area contributed by atoms with E-state index in [9.17, 15) is 0 Å². The molecule has 0 aromatic carbocycles. The summed E-state index contributed by atoms with van der Waals surface area (Å²) >= 11 is 0. The number of aromatic nitrogens is 3. The standard InChI is InChI=1S/C12H21N5O/c1-13-6-10-7-17(15-14-10)5-4-16-8-11-2-3-12(9-16)18-11/h7,11-13H,2-6,8-9H2,1H3. The first-order valence-corrected chi connectivity index (χ1v) is 6.75. The van der Waals surface area contributed by atoms with Crippen molar-refractivity contribution in [3.8, 4) is 0 Å². The number of likely N-dealkylation sites (tertiary alicyclic amines) is 1. The molecule has 2 atom stereocenters. The Morgan fingerprint density at radius 1 is 1.33 bits per heavy atom. The monoisotopic (exact) mass is 251 g/mol. The van der Waals surface area contributed by atoms with Crippen molar-refractivity contribution in [3.63, 3.8) is 0 Å². The summed E-state index contributed by atoms with van der Waals surface area (Å²) in [5.74, 6) is 0. The van der Waals surface area contributed by atoms with Crippen molar-refractivity contribution in [2.45, 2.75) is 38.1 Å². The van der Waals surface area contributed by atoms with E-state index in [0.29, 0.717) is 12.2 Å². The summed E-state index contributed by atoms with van der Waals surface area (Å²) in [6, 6.07) is 0. The van der Waals surface area contributed by atoms with E-state index in [0.717, 1.165) is 38.4 Å². The lowest BCUT2D eigenvalue weighted by atomic mass is 10.2. The molecule has 2 fully saturated rings. The van der Waals surface area contributed by atoms with Gasteiger partial charge in [-0.2, -0.15) is 0 Å². The minimum atomic E-state index is 0.472. The van der Waals surface area contributed by atoms with Crippen LogP contribution in [0.25, 0.3) is 0 Å². The van der Waals surface area contributed by atoms with E-state index in [4.69, 9.17) is 4.74 Å². The normalized spacial score (nSPS) is 27.8. The highest BCUT2D eigenvalue weighted by molar-refractivity contribution is 4.91. The fraction of sp³-hybridized carbons (Fsp3) is 0.833. The van der Waals surface area contributed by atoms with Gasteiger partial charge >= 0.3 is 0 Å². The van der Waals surface area contributed by atoms with Crippen LogP contribution in [0.2, 0.25) is 0 Å². The number of fused-ring (bicyclic) bond motifs is 2. The van der Waals surface area contributed by atoms with Crippen LogP contribution < -0.4 is 5.32 Å². The van der Waals surface area contributed by atoms with Gasteiger partial charge in [0.1, 0.15) is 0 Å². The Bertz CT molecular complexity index is 382. The lowest BCUT2D eigenvalue weighted by molar-refractivity contribution is -0.0392. The molecule has 2 unspecified atom stereocenters. The van der Waals surface area contributed by atoms with Gasteiger partial charge in [0.15, 0.2) is 0 Å². The summed E-state index contributed by atoms with van der Waals surface area (Å²) in [4.78, 5) is 2.49. The molecule has 0 spiro atoms. The average Bonchev–Trinajstić information content (AvgIpc) is 2.95. The molecular weight excluding hydrogens is 230 g/mol. The number of nitrogens with one attached hydrogen (secondary N) is 1. The van der Waals surface area contributed by atoms with Crippen LogP contribution in [0.1, 0.15) is 18.5 Å². The van der Waals surface area contributed by atoms with E-state index in [1.54, 1.807) is 0 Å². The summed E-state index contributed by atoms with van der Waals surface area (Å²) in [7, 11) is 1.92. The maximum absolute atomic E-state index is 5.83. The Morgan fingerprint density at radius 3 is 2.83 bits per heavy atom. The number of hydrogen-bond donors (Lipinski definition) is 1. The summed E-state index contributed by atoms with van der Waals surface area (Å²) in [5.41, 5.74) is 1.000. The maximum atomic E-state index is 5.83. The maximum Gasteiger partial charge on any atom is 0.0964 e. The molecule has 100 valence electrons. The first-order valence-electron chi connectivity index (χ1n) is 6.75. The molecule has 0 aliphatic carbocycles. The van der Waals surface area contributed by atoms with Crippen LogP contribution in [0.15, 0.2) is 6.20 Å². The first kappa shape index (κ1) is 12.1. The zero-order chi connectivity index (χ0) is 12.4. The Morgan fingerprint density at radius 2 is 2.11 bits per heavy atom. The van der Waals surface area contributed by atoms with Crippen molar-refractivity contribution in [3.05, 3.63) is 11.9 Å². The van der Waals surface area contributed by atoms with Crippen molar-refractivity contribution in [1.29, 1.82) is 0 Å². The van der Waals surface area contributed by atoms with Crippen LogP contribution >= 0.6 is 0 Å². The molecular formula is C12H21N5O. The highest BCUT2D eigenvalue weighted by Crippen LogP contribution is 2.25. The highest BCUT2D eigenvalue weighted by atomic mass is 16.5. The average molecular weight is 251 g/mol. The molecule has 1 aromatic heterocycles. The Hall–Kier alpha value is -0.980. The van der Waals surface area contributed by atoms with Crippen molar-refractivity contribution in [2.75, 3.05) is 26.7 Å². The molecule has 1 N–H and O–H groups in total. The molecule has 0 amide bonds. The van der Waals surface area contributed by atoms with Gasteiger partial charge in [0, 0.05) is 32.4 Å². The van der Waals surface area contributed by atoms with E-state index >= 15 is 0 Å². The summed E-state index contributed by atoms with van der Waals surface area (Å²) in [6.45, 7) is 4.89. The number of ether oxygens (including phenoxy) is 1. The van der Waals surface area contributed by atoms with Crippen LogP contribution in [0.4, 0.5) is 0 Å². The van der Waals surface area contributed by atoms with Gasteiger partial charge in [-0.3, -0.25) is 9.58 Å². The Labute approximate surface area is 107 Å². The van der Waals surface area contributed by atoms with Crippen LogP contribution in [-0.2, 0) is 17.8 Å². The summed E-state index contributed by atoms with van der Waals surface area (Å²) in [5, 5.41) is 11.3. The molecule has 2 aliphatic rings. The second kappa shape index (κ2) is 5.34. The fourth-order valence-corrected chi connectivity index (χ4v) is 2.84. The third-order valence-electron chi connectivity index (χ3n) is 3.71. The third-order valence-corrected chi connectivity index (χ3v) is 3.71. The van der Waals surface area contributed by atoms with E-state index < -0.39 is 0 Å². The zero-order valence-electron chi connectivity index (χ0n) is 10.9. The second-order valence-corrected chi connectivity index (χ2v) is 5.22. The molecule has 0 radical (unpaired) electrons. The number of rotatable bonds is 5. The van der Waals surface area contributed by atoms with Gasteiger partial charge in [0.05, 0.1) is 24.4 Å². The molecule has 6 heteroatoms. The zero-order valence-corrected chi connectivity index (χ0v) is 10.9. The molecule has 3 rings (SSSR count). The van der Waals surface area contributed by atoms with Crippen LogP contribution in [0, 0.1) is 0 Å². The Kier molecular flexibility index (Phi) is 3.58. The first-order chi connectivity index (χ1) is 8.83. The second-order valence-electron chi connectivity index (χ2n) is 5.22. The minimum Gasteiger partial charge on any atom is -0.372 e. The fourth-order valence-electron chi connectivity index (χ4n) is 2.84. The van der Waals surface area contributed by atoms with E-state index in [2.05, 4.69) is 20.5 Å². The lowest BCUT2D eigenvalue weighted by Gasteiger charge is -2.31. The van der Waals surface area contributed by atoms with E-state index in [-0.39, 0.29) is 0 Å². The van der Waals surface area contributed by atoms with Crippen molar-refractivity contribution < 1.29 is 4.74 Å². The largest absolute Gasteiger partial charge is 0.372 e. The molecule has 2 bridgehead atoms.